The summed E-state index contributed by atoms with van der Waals surface area (Å²) in [4.78, 5) is 38.4. The van der Waals surface area contributed by atoms with E-state index in [1.54, 1.807) is 24.3 Å². The number of ether oxygens (including phenoxy) is 1. The van der Waals surface area contributed by atoms with Crippen molar-refractivity contribution in [2.24, 2.45) is 5.92 Å². The standard InChI is InChI=1S/C21H21NO4/c1-3-14(2)18(15-9-5-4-6-10-15)21(25)26-13-22-19(23)16-11-7-8-12-17(16)20(22)24/h4-12,14,18H,3,13H2,1-2H3. The molecule has 1 aliphatic rings. The normalized spacial score (nSPS) is 15.5. The number of carbonyl (C=O) groups excluding carboxylic acids is 3. The summed E-state index contributed by atoms with van der Waals surface area (Å²) in [6, 6.07) is 16.0. The van der Waals surface area contributed by atoms with Crippen molar-refractivity contribution in [3.8, 4) is 0 Å². The van der Waals surface area contributed by atoms with Crippen molar-refractivity contribution in [2.75, 3.05) is 6.73 Å². The molecule has 2 aromatic rings. The molecule has 1 aliphatic heterocycles. The van der Waals surface area contributed by atoms with Crippen LogP contribution in [0.25, 0.3) is 0 Å². The highest BCUT2D eigenvalue weighted by molar-refractivity contribution is 6.21. The zero-order valence-corrected chi connectivity index (χ0v) is 14.8. The van der Waals surface area contributed by atoms with E-state index in [0.717, 1.165) is 16.9 Å². The third kappa shape index (κ3) is 3.25. The van der Waals surface area contributed by atoms with Crippen LogP contribution in [0.3, 0.4) is 0 Å². The number of fused-ring (bicyclic) bond motifs is 1. The maximum Gasteiger partial charge on any atom is 0.315 e. The Morgan fingerprint density at radius 3 is 2.04 bits per heavy atom. The Labute approximate surface area is 152 Å². The second kappa shape index (κ2) is 7.52. The Morgan fingerprint density at radius 2 is 1.50 bits per heavy atom. The summed E-state index contributed by atoms with van der Waals surface area (Å²) >= 11 is 0. The molecular weight excluding hydrogens is 330 g/mol. The molecule has 0 aromatic heterocycles. The fraction of sp³-hybridized carbons (Fsp3) is 0.286. The number of rotatable bonds is 6. The van der Waals surface area contributed by atoms with E-state index in [4.69, 9.17) is 4.74 Å². The second-order valence-electron chi connectivity index (χ2n) is 6.45. The predicted octanol–water partition coefficient (Wildman–Crippen LogP) is 3.61. The van der Waals surface area contributed by atoms with Gasteiger partial charge in [0.25, 0.3) is 11.8 Å². The van der Waals surface area contributed by atoms with Crippen LogP contribution >= 0.6 is 0 Å². The van der Waals surface area contributed by atoms with E-state index in [9.17, 15) is 14.4 Å². The molecule has 0 bridgehead atoms. The van der Waals surface area contributed by atoms with Crippen LogP contribution < -0.4 is 0 Å². The van der Waals surface area contributed by atoms with E-state index in [-0.39, 0.29) is 12.6 Å². The molecule has 0 spiro atoms. The summed E-state index contributed by atoms with van der Waals surface area (Å²) in [6.45, 7) is 3.63. The quantitative estimate of drug-likeness (QED) is 0.589. The average Bonchev–Trinajstić information content (AvgIpc) is 2.92. The van der Waals surface area contributed by atoms with Crippen LogP contribution in [0.1, 0.15) is 52.5 Å². The van der Waals surface area contributed by atoms with Gasteiger partial charge >= 0.3 is 5.97 Å². The molecule has 5 heteroatoms. The molecule has 134 valence electrons. The monoisotopic (exact) mass is 351 g/mol. The number of carbonyl (C=O) groups is 3. The largest absolute Gasteiger partial charge is 0.443 e. The summed E-state index contributed by atoms with van der Waals surface area (Å²) in [5, 5.41) is 0. The molecule has 0 aliphatic carbocycles. The van der Waals surface area contributed by atoms with Gasteiger partial charge in [-0.25, -0.2) is 4.90 Å². The molecule has 0 saturated carbocycles. The van der Waals surface area contributed by atoms with Gasteiger partial charge in [-0.15, -0.1) is 0 Å². The van der Waals surface area contributed by atoms with Crippen LogP contribution in [0, 0.1) is 5.92 Å². The van der Waals surface area contributed by atoms with Crippen LogP contribution in [-0.4, -0.2) is 29.4 Å². The first kappa shape index (κ1) is 17.9. The minimum atomic E-state index is -0.434. The van der Waals surface area contributed by atoms with E-state index in [2.05, 4.69) is 0 Å². The van der Waals surface area contributed by atoms with E-state index in [1.165, 1.54) is 0 Å². The van der Waals surface area contributed by atoms with Crippen LogP contribution in [0.15, 0.2) is 54.6 Å². The lowest BCUT2D eigenvalue weighted by Gasteiger charge is -2.23. The molecule has 1 heterocycles. The summed E-state index contributed by atoms with van der Waals surface area (Å²) in [6.07, 6.45) is 0.807. The number of benzene rings is 2. The highest BCUT2D eigenvalue weighted by Gasteiger charge is 2.36. The molecule has 5 nitrogen and oxygen atoms in total. The Bertz CT molecular complexity index is 796. The predicted molar refractivity (Wildman–Crippen MR) is 96.5 cm³/mol. The molecule has 2 amide bonds. The minimum Gasteiger partial charge on any atom is -0.443 e. The van der Waals surface area contributed by atoms with Gasteiger partial charge in [-0.2, -0.15) is 0 Å². The smallest absolute Gasteiger partial charge is 0.315 e. The number of nitrogens with zero attached hydrogens (tertiary/aromatic N) is 1. The Hall–Kier alpha value is -2.95. The first-order valence-corrected chi connectivity index (χ1v) is 8.71. The molecule has 0 radical (unpaired) electrons. The molecule has 2 aromatic carbocycles. The van der Waals surface area contributed by atoms with Crippen molar-refractivity contribution in [1.82, 2.24) is 4.90 Å². The van der Waals surface area contributed by atoms with Gasteiger partial charge in [-0.3, -0.25) is 14.4 Å². The van der Waals surface area contributed by atoms with E-state index in [0.29, 0.717) is 11.1 Å². The summed E-state index contributed by atoms with van der Waals surface area (Å²) in [7, 11) is 0. The lowest BCUT2D eigenvalue weighted by atomic mass is 9.86. The van der Waals surface area contributed by atoms with E-state index in [1.807, 2.05) is 44.2 Å². The second-order valence-corrected chi connectivity index (χ2v) is 6.45. The Kier molecular flexibility index (Phi) is 5.16. The van der Waals surface area contributed by atoms with Gasteiger partial charge in [-0.1, -0.05) is 62.7 Å². The molecule has 2 unspecified atom stereocenters. The summed E-state index contributed by atoms with van der Waals surface area (Å²) in [5.41, 5.74) is 1.55. The van der Waals surface area contributed by atoms with Crippen LogP contribution in [0.5, 0.6) is 0 Å². The molecule has 0 saturated heterocycles. The number of hydrogen-bond donors (Lipinski definition) is 0. The van der Waals surface area contributed by atoms with Crippen molar-refractivity contribution in [2.45, 2.75) is 26.2 Å². The molecular formula is C21H21NO4. The van der Waals surface area contributed by atoms with E-state index < -0.39 is 23.7 Å². The van der Waals surface area contributed by atoms with Crippen molar-refractivity contribution in [3.05, 3.63) is 71.3 Å². The van der Waals surface area contributed by atoms with Crippen LogP contribution in [0.4, 0.5) is 0 Å². The van der Waals surface area contributed by atoms with Gasteiger partial charge in [0.1, 0.15) is 0 Å². The van der Waals surface area contributed by atoms with Gasteiger partial charge in [0.2, 0.25) is 0 Å². The lowest BCUT2D eigenvalue weighted by Crippen LogP contribution is -2.35. The van der Waals surface area contributed by atoms with Gasteiger partial charge in [0, 0.05) is 0 Å². The topological polar surface area (TPSA) is 63.7 Å². The first-order chi connectivity index (χ1) is 12.5. The number of amides is 2. The maximum atomic E-state index is 12.7. The summed E-state index contributed by atoms with van der Waals surface area (Å²) in [5.74, 6) is -1.65. The van der Waals surface area contributed by atoms with E-state index >= 15 is 0 Å². The van der Waals surface area contributed by atoms with Crippen molar-refractivity contribution in [3.63, 3.8) is 0 Å². The fourth-order valence-electron chi connectivity index (χ4n) is 3.17. The van der Waals surface area contributed by atoms with Crippen molar-refractivity contribution < 1.29 is 19.1 Å². The van der Waals surface area contributed by atoms with Crippen molar-refractivity contribution >= 4 is 17.8 Å². The van der Waals surface area contributed by atoms with Crippen molar-refractivity contribution in [1.29, 1.82) is 0 Å². The van der Waals surface area contributed by atoms with Gasteiger partial charge in [0.15, 0.2) is 6.73 Å². The molecule has 0 N–H and O–H groups in total. The first-order valence-electron chi connectivity index (χ1n) is 8.71. The van der Waals surface area contributed by atoms with Gasteiger partial charge < -0.3 is 4.74 Å². The SMILES string of the molecule is CCC(C)C(C(=O)OCN1C(=O)c2ccccc2C1=O)c1ccccc1. The minimum absolute atomic E-state index is 0.0760. The highest BCUT2D eigenvalue weighted by atomic mass is 16.5. The maximum absolute atomic E-state index is 12.7. The molecule has 26 heavy (non-hydrogen) atoms. The number of imide groups is 1. The number of esters is 1. The third-order valence-corrected chi connectivity index (χ3v) is 4.84. The Balaban J connectivity index is 1.73. The fourth-order valence-corrected chi connectivity index (χ4v) is 3.17. The zero-order valence-electron chi connectivity index (χ0n) is 14.8. The number of hydrogen-bond acceptors (Lipinski definition) is 4. The van der Waals surface area contributed by atoms with Crippen LogP contribution in [0.2, 0.25) is 0 Å². The summed E-state index contributed by atoms with van der Waals surface area (Å²) < 4.78 is 5.38. The average molecular weight is 351 g/mol. The third-order valence-electron chi connectivity index (χ3n) is 4.84. The van der Waals surface area contributed by atoms with Crippen LogP contribution in [-0.2, 0) is 9.53 Å². The molecule has 2 atom stereocenters. The van der Waals surface area contributed by atoms with Gasteiger partial charge in [-0.05, 0) is 23.6 Å². The zero-order chi connectivity index (χ0) is 18.7. The van der Waals surface area contributed by atoms with Gasteiger partial charge in [0.05, 0.1) is 17.0 Å². The molecule has 0 fully saturated rings. The molecule has 3 rings (SSSR count). The lowest BCUT2D eigenvalue weighted by molar-refractivity contribution is -0.149. The Morgan fingerprint density at radius 1 is 0.962 bits per heavy atom. The highest BCUT2D eigenvalue weighted by Crippen LogP contribution is 2.29.